The Bertz CT molecular complexity index is 766. The Labute approximate surface area is 165 Å². The van der Waals surface area contributed by atoms with E-state index in [0.717, 1.165) is 22.2 Å². The number of rotatable bonds is 6. The summed E-state index contributed by atoms with van der Waals surface area (Å²) in [6, 6.07) is 6.87. The van der Waals surface area contributed by atoms with Crippen LogP contribution in [0.1, 0.15) is 12.0 Å². The van der Waals surface area contributed by atoms with Crippen LogP contribution in [0.25, 0.3) is 6.08 Å². The van der Waals surface area contributed by atoms with Crippen LogP contribution in [0, 0.1) is 0 Å². The molecular formula is C18H20N2O5S2. The van der Waals surface area contributed by atoms with Gasteiger partial charge in [-0.25, -0.2) is 0 Å². The Kier molecular flexibility index (Phi) is 6.46. The Hall–Kier alpha value is -1.97. The maximum Gasteiger partial charge on any atom is 0.293 e. The molecule has 144 valence electrons. The van der Waals surface area contributed by atoms with Crippen LogP contribution in [0.5, 0.6) is 5.75 Å². The fourth-order valence-electron chi connectivity index (χ4n) is 2.72. The van der Waals surface area contributed by atoms with Gasteiger partial charge in [-0.05, 0) is 35.5 Å². The van der Waals surface area contributed by atoms with Gasteiger partial charge >= 0.3 is 0 Å². The van der Waals surface area contributed by atoms with Crippen LogP contribution in [0.2, 0.25) is 0 Å². The summed E-state index contributed by atoms with van der Waals surface area (Å²) in [4.78, 5) is 38.0. The van der Waals surface area contributed by atoms with Crippen molar-refractivity contribution in [3.63, 3.8) is 0 Å². The van der Waals surface area contributed by atoms with Crippen LogP contribution < -0.4 is 10.1 Å². The second kappa shape index (κ2) is 8.81. The third kappa shape index (κ3) is 4.85. The summed E-state index contributed by atoms with van der Waals surface area (Å²) in [5.41, 5.74) is 0.784. The van der Waals surface area contributed by atoms with Crippen molar-refractivity contribution in [2.75, 3.05) is 25.2 Å². The number of aliphatic hydroxyl groups excluding tert-OH is 1. The van der Waals surface area contributed by atoms with Gasteiger partial charge in [0.25, 0.3) is 11.1 Å². The van der Waals surface area contributed by atoms with E-state index in [1.807, 2.05) is 0 Å². The number of thioether (sulfide) groups is 2. The Morgan fingerprint density at radius 2 is 2.07 bits per heavy atom. The summed E-state index contributed by atoms with van der Waals surface area (Å²) < 4.78 is 5.09. The van der Waals surface area contributed by atoms with Gasteiger partial charge in [0.2, 0.25) is 5.91 Å². The summed E-state index contributed by atoms with van der Waals surface area (Å²) in [7, 11) is 1.57. The molecule has 1 aromatic carbocycles. The van der Waals surface area contributed by atoms with Crippen LogP contribution in [0.15, 0.2) is 29.2 Å². The second-order valence-corrected chi connectivity index (χ2v) is 8.20. The van der Waals surface area contributed by atoms with Gasteiger partial charge in [-0.2, -0.15) is 11.8 Å². The Morgan fingerprint density at radius 1 is 1.33 bits per heavy atom. The Morgan fingerprint density at radius 3 is 2.70 bits per heavy atom. The molecule has 9 heteroatoms. The zero-order valence-electron chi connectivity index (χ0n) is 14.7. The molecule has 0 bridgehead atoms. The van der Waals surface area contributed by atoms with Gasteiger partial charge in [0.1, 0.15) is 5.75 Å². The molecule has 2 heterocycles. The molecular weight excluding hydrogens is 388 g/mol. The molecule has 0 radical (unpaired) electrons. The van der Waals surface area contributed by atoms with E-state index in [4.69, 9.17) is 4.74 Å². The maximum absolute atomic E-state index is 12.5. The summed E-state index contributed by atoms with van der Waals surface area (Å²) in [5.74, 6) is 1.30. The molecule has 0 unspecified atom stereocenters. The van der Waals surface area contributed by atoms with Gasteiger partial charge in [-0.3, -0.25) is 19.3 Å². The Balaban J connectivity index is 1.57. The van der Waals surface area contributed by atoms with E-state index >= 15 is 0 Å². The second-order valence-electron chi connectivity index (χ2n) is 6.14. The molecule has 0 saturated carbocycles. The van der Waals surface area contributed by atoms with Crippen molar-refractivity contribution >= 4 is 46.7 Å². The minimum atomic E-state index is -0.552. The number of carbonyl (C=O) groups is 3. The summed E-state index contributed by atoms with van der Waals surface area (Å²) >= 11 is 2.44. The summed E-state index contributed by atoms with van der Waals surface area (Å²) in [6.45, 7) is 0.0202. The van der Waals surface area contributed by atoms with Gasteiger partial charge in [-0.1, -0.05) is 12.1 Å². The van der Waals surface area contributed by atoms with E-state index in [0.29, 0.717) is 22.2 Å². The van der Waals surface area contributed by atoms with Gasteiger partial charge in [0.15, 0.2) is 0 Å². The lowest BCUT2D eigenvalue weighted by atomic mass is 10.2. The van der Waals surface area contributed by atoms with E-state index in [-0.39, 0.29) is 30.2 Å². The van der Waals surface area contributed by atoms with Crippen LogP contribution in [0.3, 0.4) is 0 Å². The molecule has 2 aliphatic rings. The van der Waals surface area contributed by atoms with Gasteiger partial charge in [-0.15, -0.1) is 0 Å². The highest BCUT2D eigenvalue weighted by Gasteiger charge is 2.35. The largest absolute Gasteiger partial charge is 0.497 e. The first kappa shape index (κ1) is 19.8. The first-order chi connectivity index (χ1) is 13.0. The van der Waals surface area contributed by atoms with Crippen molar-refractivity contribution in [1.82, 2.24) is 10.2 Å². The van der Waals surface area contributed by atoms with Crippen molar-refractivity contribution in [3.8, 4) is 5.75 Å². The highest BCUT2D eigenvalue weighted by Crippen LogP contribution is 2.32. The molecule has 3 rings (SSSR count). The number of ether oxygens (including phenoxy) is 1. The normalized spacial score (nSPS) is 23.9. The zero-order valence-corrected chi connectivity index (χ0v) is 16.3. The lowest BCUT2D eigenvalue weighted by molar-refractivity contribution is -0.124. The average molecular weight is 409 g/mol. The monoisotopic (exact) mass is 408 g/mol. The number of nitrogens with one attached hydrogen (secondary N) is 1. The van der Waals surface area contributed by atoms with Crippen LogP contribution in [0.4, 0.5) is 4.79 Å². The highest BCUT2D eigenvalue weighted by atomic mass is 32.2. The number of aliphatic hydroxyl groups is 1. The molecule has 2 aliphatic heterocycles. The molecule has 2 saturated heterocycles. The number of benzene rings is 1. The zero-order chi connectivity index (χ0) is 19.4. The molecule has 1 aromatic rings. The lowest BCUT2D eigenvalue weighted by Crippen LogP contribution is -2.43. The molecule has 2 N–H and O–H groups in total. The molecule has 3 amide bonds. The predicted molar refractivity (Wildman–Crippen MR) is 106 cm³/mol. The van der Waals surface area contributed by atoms with Crippen molar-refractivity contribution in [3.05, 3.63) is 34.7 Å². The molecule has 7 nitrogen and oxygen atoms in total. The van der Waals surface area contributed by atoms with E-state index < -0.39 is 12.0 Å². The number of carbonyl (C=O) groups excluding carboxylic acids is 3. The number of nitrogens with zero attached hydrogens (tertiary/aromatic N) is 1. The number of imide groups is 1. The number of amides is 3. The minimum Gasteiger partial charge on any atom is -0.497 e. The minimum absolute atomic E-state index is 0.0156. The van der Waals surface area contributed by atoms with Crippen molar-refractivity contribution in [1.29, 1.82) is 0 Å². The molecule has 0 spiro atoms. The third-order valence-corrected chi connectivity index (χ3v) is 6.33. The molecule has 2 fully saturated rings. The first-order valence-electron chi connectivity index (χ1n) is 8.42. The standard InChI is InChI=1S/C18H20N2O5S2/c1-25-12-4-2-11(3-5-12)8-15-17(23)20(18(24)27-15)7-6-16(22)19-13-9-26-10-14(13)21/h2-5,8,13-14,21H,6-7,9-10H2,1H3,(H,19,22)/b15-8+/t13-,14-/m0/s1. The SMILES string of the molecule is COc1ccc(/C=C2/SC(=O)N(CCC(=O)N[C@H]3CSC[C@@H]3O)C2=O)cc1. The van der Waals surface area contributed by atoms with E-state index in [1.165, 1.54) is 0 Å². The predicted octanol–water partition coefficient (Wildman–Crippen LogP) is 1.71. The van der Waals surface area contributed by atoms with E-state index in [1.54, 1.807) is 49.2 Å². The van der Waals surface area contributed by atoms with Crippen LogP contribution in [-0.4, -0.2) is 64.4 Å². The quantitative estimate of drug-likeness (QED) is 0.692. The van der Waals surface area contributed by atoms with Gasteiger partial charge in [0, 0.05) is 24.5 Å². The average Bonchev–Trinajstić information content (AvgIpc) is 3.17. The summed E-state index contributed by atoms with van der Waals surface area (Å²) in [6.07, 6.45) is 1.11. The third-order valence-electron chi connectivity index (χ3n) is 4.25. The fraction of sp³-hybridized carbons (Fsp3) is 0.389. The highest BCUT2D eigenvalue weighted by molar-refractivity contribution is 8.18. The number of hydrogen-bond donors (Lipinski definition) is 2. The number of hydrogen-bond acceptors (Lipinski definition) is 7. The van der Waals surface area contributed by atoms with Gasteiger partial charge < -0.3 is 15.2 Å². The van der Waals surface area contributed by atoms with Crippen molar-refractivity contribution in [2.24, 2.45) is 0 Å². The molecule has 0 aliphatic carbocycles. The van der Waals surface area contributed by atoms with Gasteiger partial charge in [0.05, 0.1) is 24.2 Å². The smallest absolute Gasteiger partial charge is 0.293 e. The maximum atomic E-state index is 12.5. The van der Waals surface area contributed by atoms with Crippen molar-refractivity contribution in [2.45, 2.75) is 18.6 Å². The molecule has 0 aromatic heterocycles. The first-order valence-corrected chi connectivity index (χ1v) is 10.4. The topological polar surface area (TPSA) is 95.9 Å². The molecule has 2 atom stereocenters. The molecule has 27 heavy (non-hydrogen) atoms. The summed E-state index contributed by atoms with van der Waals surface area (Å²) in [5, 5.41) is 12.1. The van der Waals surface area contributed by atoms with E-state index in [9.17, 15) is 19.5 Å². The van der Waals surface area contributed by atoms with Crippen LogP contribution in [-0.2, 0) is 9.59 Å². The van der Waals surface area contributed by atoms with Crippen molar-refractivity contribution < 1.29 is 24.2 Å². The van der Waals surface area contributed by atoms with Crippen LogP contribution >= 0.6 is 23.5 Å². The lowest BCUT2D eigenvalue weighted by Gasteiger charge is -2.17. The fourth-order valence-corrected chi connectivity index (χ4v) is 4.75. The van der Waals surface area contributed by atoms with E-state index in [2.05, 4.69) is 5.32 Å². The number of methoxy groups -OCH3 is 1.